The second kappa shape index (κ2) is 7.87. The minimum Gasteiger partial charge on any atom is -0.377 e. The van der Waals surface area contributed by atoms with Crippen molar-refractivity contribution in [3.05, 3.63) is 28.5 Å². The first-order chi connectivity index (χ1) is 8.84. The number of rotatable bonds is 6. The second-order valence-corrected chi connectivity index (χ2v) is 5.64. The average Bonchev–Trinajstić information content (AvgIpc) is 2.42. The fourth-order valence-electron chi connectivity index (χ4n) is 2.28. The molecule has 1 atom stereocenters. The van der Waals surface area contributed by atoms with Crippen molar-refractivity contribution < 1.29 is 4.74 Å². The van der Waals surface area contributed by atoms with Gasteiger partial charge in [0.1, 0.15) is 4.60 Å². The molecule has 0 aliphatic carbocycles. The number of piperidine rings is 1. The zero-order chi connectivity index (χ0) is 12.6. The SMILES string of the molecule is Brc1ccc(COCCCC2CCCCN2)cn1. The van der Waals surface area contributed by atoms with Crippen molar-refractivity contribution in [3.8, 4) is 0 Å². The summed E-state index contributed by atoms with van der Waals surface area (Å²) < 4.78 is 6.54. The third kappa shape index (κ3) is 5.04. The van der Waals surface area contributed by atoms with E-state index in [1.165, 1.54) is 32.2 Å². The van der Waals surface area contributed by atoms with Crippen molar-refractivity contribution in [1.29, 1.82) is 0 Å². The van der Waals surface area contributed by atoms with E-state index in [1.54, 1.807) is 0 Å². The molecule has 0 bridgehead atoms. The van der Waals surface area contributed by atoms with Gasteiger partial charge in [-0.25, -0.2) is 4.98 Å². The van der Waals surface area contributed by atoms with Crippen molar-refractivity contribution in [1.82, 2.24) is 10.3 Å². The third-order valence-corrected chi connectivity index (χ3v) is 3.78. The summed E-state index contributed by atoms with van der Waals surface area (Å²) in [6.07, 6.45) is 8.27. The van der Waals surface area contributed by atoms with Crippen LogP contribution in [0.15, 0.2) is 22.9 Å². The van der Waals surface area contributed by atoms with Crippen LogP contribution in [0, 0.1) is 0 Å². The summed E-state index contributed by atoms with van der Waals surface area (Å²) >= 11 is 3.32. The number of hydrogen-bond acceptors (Lipinski definition) is 3. The van der Waals surface area contributed by atoms with Crippen LogP contribution in [-0.4, -0.2) is 24.2 Å². The number of aromatic nitrogens is 1. The molecule has 4 heteroatoms. The highest BCUT2D eigenvalue weighted by Crippen LogP contribution is 2.12. The molecule has 1 aromatic rings. The monoisotopic (exact) mass is 312 g/mol. The zero-order valence-corrected chi connectivity index (χ0v) is 12.3. The molecule has 1 N–H and O–H groups in total. The topological polar surface area (TPSA) is 34.1 Å². The summed E-state index contributed by atoms with van der Waals surface area (Å²) in [5.74, 6) is 0. The molecule has 2 rings (SSSR count). The Hall–Kier alpha value is -0.450. The van der Waals surface area contributed by atoms with Gasteiger partial charge in [0.25, 0.3) is 0 Å². The number of pyridine rings is 1. The summed E-state index contributed by atoms with van der Waals surface area (Å²) in [6, 6.07) is 4.71. The van der Waals surface area contributed by atoms with E-state index in [9.17, 15) is 0 Å². The van der Waals surface area contributed by atoms with Gasteiger partial charge in [0, 0.05) is 18.8 Å². The molecule has 0 amide bonds. The Bertz CT molecular complexity index is 336. The number of nitrogens with zero attached hydrogens (tertiary/aromatic N) is 1. The van der Waals surface area contributed by atoms with Crippen molar-refractivity contribution in [2.75, 3.05) is 13.2 Å². The molecule has 1 saturated heterocycles. The molecule has 1 aliphatic heterocycles. The first-order valence-electron chi connectivity index (χ1n) is 6.76. The Kier molecular flexibility index (Phi) is 6.11. The third-order valence-electron chi connectivity index (χ3n) is 3.31. The number of hydrogen-bond donors (Lipinski definition) is 1. The molecule has 1 unspecified atom stereocenters. The van der Waals surface area contributed by atoms with Gasteiger partial charge in [-0.15, -0.1) is 0 Å². The van der Waals surface area contributed by atoms with Gasteiger partial charge in [0.15, 0.2) is 0 Å². The van der Waals surface area contributed by atoms with Crippen LogP contribution in [0.1, 0.15) is 37.7 Å². The highest BCUT2D eigenvalue weighted by molar-refractivity contribution is 9.10. The number of halogens is 1. The van der Waals surface area contributed by atoms with Crippen LogP contribution in [0.4, 0.5) is 0 Å². The van der Waals surface area contributed by atoms with E-state index >= 15 is 0 Å². The molecule has 2 heterocycles. The first-order valence-corrected chi connectivity index (χ1v) is 7.55. The normalized spacial score (nSPS) is 19.9. The molecular weight excluding hydrogens is 292 g/mol. The highest BCUT2D eigenvalue weighted by Gasteiger charge is 2.11. The van der Waals surface area contributed by atoms with Crippen molar-refractivity contribution in [2.45, 2.75) is 44.8 Å². The molecule has 3 nitrogen and oxygen atoms in total. The Balaban J connectivity index is 1.54. The average molecular weight is 313 g/mol. The smallest absolute Gasteiger partial charge is 0.106 e. The van der Waals surface area contributed by atoms with Gasteiger partial charge in [-0.1, -0.05) is 12.5 Å². The van der Waals surface area contributed by atoms with E-state index < -0.39 is 0 Å². The maximum absolute atomic E-state index is 5.67. The Morgan fingerprint density at radius 3 is 3.06 bits per heavy atom. The lowest BCUT2D eigenvalue weighted by atomic mass is 10.0. The highest BCUT2D eigenvalue weighted by atomic mass is 79.9. The van der Waals surface area contributed by atoms with E-state index in [4.69, 9.17) is 4.74 Å². The van der Waals surface area contributed by atoms with Gasteiger partial charge < -0.3 is 10.1 Å². The molecular formula is C14H21BrN2O. The van der Waals surface area contributed by atoms with Crippen molar-refractivity contribution >= 4 is 15.9 Å². The quantitative estimate of drug-likeness (QED) is 0.646. The fourth-order valence-corrected chi connectivity index (χ4v) is 2.52. The van der Waals surface area contributed by atoms with Gasteiger partial charge in [-0.05, 0) is 59.8 Å². The Morgan fingerprint density at radius 2 is 2.33 bits per heavy atom. The van der Waals surface area contributed by atoms with Crippen LogP contribution in [0.5, 0.6) is 0 Å². The lowest BCUT2D eigenvalue weighted by Crippen LogP contribution is -2.33. The van der Waals surface area contributed by atoms with Crippen LogP contribution < -0.4 is 5.32 Å². The lowest BCUT2D eigenvalue weighted by molar-refractivity contribution is 0.114. The number of nitrogens with one attached hydrogen (secondary N) is 1. The number of ether oxygens (including phenoxy) is 1. The molecule has 1 aliphatic rings. The lowest BCUT2D eigenvalue weighted by Gasteiger charge is -2.23. The zero-order valence-electron chi connectivity index (χ0n) is 10.7. The molecule has 0 radical (unpaired) electrons. The van der Waals surface area contributed by atoms with Crippen LogP contribution in [-0.2, 0) is 11.3 Å². The van der Waals surface area contributed by atoms with Gasteiger partial charge in [0.2, 0.25) is 0 Å². The summed E-state index contributed by atoms with van der Waals surface area (Å²) in [6.45, 7) is 2.70. The predicted octanol–water partition coefficient (Wildman–Crippen LogP) is 3.28. The van der Waals surface area contributed by atoms with Crippen LogP contribution in [0.3, 0.4) is 0 Å². The van der Waals surface area contributed by atoms with Gasteiger partial charge in [-0.3, -0.25) is 0 Å². The van der Waals surface area contributed by atoms with E-state index in [-0.39, 0.29) is 0 Å². The van der Waals surface area contributed by atoms with Crippen molar-refractivity contribution in [2.24, 2.45) is 0 Å². The summed E-state index contributed by atoms with van der Waals surface area (Å²) in [5, 5.41) is 3.56. The van der Waals surface area contributed by atoms with Gasteiger partial charge >= 0.3 is 0 Å². The van der Waals surface area contributed by atoms with E-state index in [1.807, 2.05) is 18.3 Å². The summed E-state index contributed by atoms with van der Waals surface area (Å²) in [4.78, 5) is 4.18. The summed E-state index contributed by atoms with van der Waals surface area (Å²) in [7, 11) is 0. The largest absolute Gasteiger partial charge is 0.377 e. The van der Waals surface area contributed by atoms with Gasteiger partial charge in [-0.2, -0.15) is 0 Å². The Labute approximate surface area is 117 Å². The standard InChI is InChI=1S/C14H21BrN2O/c15-14-7-6-12(10-17-14)11-18-9-3-5-13-4-1-2-8-16-13/h6-7,10,13,16H,1-5,8-9,11H2. The van der Waals surface area contributed by atoms with Crippen LogP contribution in [0.25, 0.3) is 0 Å². The molecule has 1 fully saturated rings. The minimum absolute atomic E-state index is 0.665. The minimum atomic E-state index is 0.665. The predicted molar refractivity (Wildman–Crippen MR) is 76.5 cm³/mol. The molecule has 100 valence electrons. The second-order valence-electron chi connectivity index (χ2n) is 4.83. The van der Waals surface area contributed by atoms with E-state index in [2.05, 4.69) is 26.2 Å². The van der Waals surface area contributed by atoms with Crippen LogP contribution in [0.2, 0.25) is 0 Å². The van der Waals surface area contributed by atoms with E-state index in [0.29, 0.717) is 6.61 Å². The molecule has 0 spiro atoms. The molecule has 18 heavy (non-hydrogen) atoms. The van der Waals surface area contributed by atoms with Crippen molar-refractivity contribution in [3.63, 3.8) is 0 Å². The maximum atomic E-state index is 5.67. The summed E-state index contributed by atoms with van der Waals surface area (Å²) in [5.41, 5.74) is 1.13. The first kappa shape index (κ1) is 14.0. The fraction of sp³-hybridized carbons (Fsp3) is 0.643. The van der Waals surface area contributed by atoms with Crippen LogP contribution >= 0.6 is 15.9 Å². The molecule has 0 saturated carbocycles. The molecule has 0 aromatic carbocycles. The van der Waals surface area contributed by atoms with Gasteiger partial charge in [0.05, 0.1) is 6.61 Å². The maximum Gasteiger partial charge on any atom is 0.106 e. The van der Waals surface area contributed by atoms with E-state index in [0.717, 1.165) is 29.2 Å². The Morgan fingerprint density at radius 1 is 1.39 bits per heavy atom. The molecule has 1 aromatic heterocycles.